The van der Waals surface area contributed by atoms with Crippen molar-refractivity contribution in [1.29, 1.82) is 0 Å². The molecule has 0 aromatic carbocycles. The Labute approximate surface area is 207 Å². The zero-order chi connectivity index (χ0) is 24.0. The molecule has 2 N–H and O–H groups in total. The number of nitrogens with one attached hydrogen (secondary N) is 2. The number of nitrogens with zero attached hydrogens (tertiary/aromatic N) is 5. The first kappa shape index (κ1) is 23.0. The number of piperidine rings is 1. The zero-order valence-electron chi connectivity index (χ0n) is 19.3. The van der Waals surface area contributed by atoms with Crippen molar-refractivity contribution in [3.63, 3.8) is 0 Å². The molecule has 0 spiro atoms. The third-order valence-electron chi connectivity index (χ3n) is 5.51. The topological polar surface area (TPSA) is 115 Å². The average Bonchev–Trinajstić information content (AvgIpc) is 3.34. The average molecular weight is 488 g/mol. The summed E-state index contributed by atoms with van der Waals surface area (Å²) in [6.07, 6.45) is 5.60. The third-order valence-corrected chi connectivity index (χ3v) is 6.47. The van der Waals surface area contributed by atoms with Crippen molar-refractivity contribution >= 4 is 28.9 Å². The van der Waals surface area contributed by atoms with E-state index < -0.39 is 0 Å². The van der Waals surface area contributed by atoms with E-state index in [2.05, 4.69) is 35.6 Å². The smallest absolute Gasteiger partial charge is 0.348 e. The molecule has 0 amide bonds. The molecule has 5 heterocycles. The summed E-state index contributed by atoms with van der Waals surface area (Å²) >= 11 is 1.39. The van der Waals surface area contributed by atoms with E-state index in [0.29, 0.717) is 40.3 Å². The van der Waals surface area contributed by atoms with Gasteiger partial charge >= 0.3 is 5.97 Å². The Hall–Kier alpha value is -3.76. The molecule has 0 saturated carbocycles. The summed E-state index contributed by atoms with van der Waals surface area (Å²) in [6.45, 7) is 3.70. The Balaban J connectivity index is 1.24. The second kappa shape index (κ2) is 10.7. The van der Waals surface area contributed by atoms with Crippen LogP contribution in [0.15, 0.2) is 54.2 Å². The number of esters is 1. The van der Waals surface area contributed by atoms with Crippen LogP contribution in [0, 0.1) is 6.92 Å². The minimum absolute atomic E-state index is 0.00982. The lowest BCUT2D eigenvalue weighted by molar-refractivity contribution is 0.0235. The second-order valence-corrected chi connectivity index (χ2v) is 9.17. The number of aryl methyl sites for hydroxylation is 1. The number of carbonyl (C=O) groups is 1. The molecule has 0 aliphatic carbocycles. The van der Waals surface area contributed by atoms with Crippen LogP contribution < -0.4 is 10.6 Å². The van der Waals surface area contributed by atoms with Gasteiger partial charge in [-0.15, -0.1) is 11.3 Å². The molecule has 35 heavy (non-hydrogen) atoms. The monoisotopic (exact) mass is 487 g/mol. The highest BCUT2D eigenvalue weighted by atomic mass is 32.1. The first-order valence-corrected chi connectivity index (χ1v) is 12.4. The fourth-order valence-electron chi connectivity index (χ4n) is 3.79. The molecule has 1 saturated heterocycles. The zero-order valence-corrected chi connectivity index (χ0v) is 20.1. The number of anilines is 2. The Morgan fingerprint density at radius 2 is 1.89 bits per heavy atom. The molecular weight excluding hydrogens is 462 g/mol. The van der Waals surface area contributed by atoms with E-state index in [0.717, 1.165) is 37.2 Å². The van der Waals surface area contributed by atoms with E-state index in [1.54, 1.807) is 24.5 Å². The van der Waals surface area contributed by atoms with Crippen LogP contribution in [-0.4, -0.2) is 50.1 Å². The van der Waals surface area contributed by atoms with Crippen molar-refractivity contribution in [1.82, 2.24) is 30.2 Å². The van der Waals surface area contributed by atoms with Crippen molar-refractivity contribution in [3.05, 3.63) is 76.1 Å². The molecule has 1 aliphatic heterocycles. The van der Waals surface area contributed by atoms with Gasteiger partial charge < -0.3 is 15.4 Å². The van der Waals surface area contributed by atoms with Crippen molar-refractivity contribution < 1.29 is 9.53 Å². The van der Waals surface area contributed by atoms with Gasteiger partial charge in [-0.2, -0.15) is 0 Å². The number of hydrogen-bond donors (Lipinski definition) is 2. The Kier molecular flexibility index (Phi) is 7.01. The predicted octanol–water partition coefficient (Wildman–Crippen LogP) is 3.94. The van der Waals surface area contributed by atoms with E-state index in [-0.39, 0.29) is 12.1 Å². The van der Waals surface area contributed by atoms with E-state index in [1.807, 2.05) is 36.6 Å². The van der Waals surface area contributed by atoms with Gasteiger partial charge in [-0.3, -0.25) is 0 Å². The van der Waals surface area contributed by atoms with E-state index in [4.69, 9.17) is 4.74 Å². The molecule has 0 atom stereocenters. The molecule has 1 aliphatic rings. The van der Waals surface area contributed by atoms with Crippen LogP contribution in [0.25, 0.3) is 11.5 Å². The summed E-state index contributed by atoms with van der Waals surface area (Å²) in [5.74, 6) is 2.15. The summed E-state index contributed by atoms with van der Waals surface area (Å²) in [4.78, 5) is 35.5. The van der Waals surface area contributed by atoms with Gasteiger partial charge in [-0.1, -0.05) is 6.07 Å². The molecule has 4 aromatic rings. The van der Waals surface area contributed by atoms with E-state index in [1.165, 1.54) is 11.3 Å². The molecule has 0 radical (unpaired) electrons. The van der Waals surface area contributed by atoms with Gasteiger partial charge in [0.15, 0.2) is 5.82 Å². The van der Waals surface area contributed by atoms with Crippen molar-refractivity contribution in [3.8, 4) is 11.5 Å². The standard InChI is InChI=1S/C25H25N7O2S/c1-16-3-2-4-19(29-16)24-28-12-8-22(32-24)30-21-7-11-27-23(31-21)14-17-13-20(35-15-17)25(33)34-18-5-9-26-10-6-18/h2-4,7-8,11-13,15,18,26H,5-6,9-10,14H2,1H3,(H,27,28,30,31,32). The van der Waals surface area contributed by atoms with Gasteiger partial charge in [0, 0.05) is 24.5 Å². The normalized spacial score (nSPS) is 14.0. The lowest BCUT2D eigenvalue weighted by Crippen LogP contribution is -2.33. The third kappa shape index (κ3) is 6.03. The summed E-state index contributed by atoms with van der Waals surface area (Å²) in [5.41, 5.74) is 2.59. The van der Waals surface area contributed by atoms with Gasteiger partial charge in [-0.05, 0) is 74.1 Å². The Bertz CT molecular complexity index is 1320. The lowest BCUT2D eigenvalue weighted by Gasteiger charge is -2.22. The minimum atomic E-state index is -0.257. The van der Waals surface area contributed by atoms with E-state index >= 15 is 0 Å². The van der Waals surface area contributed by atoms with Gasteiger partial charge in [0.05, 0.1) is 0 Å². The maximum Gasteiger partial charge on any atom is 0.348 e. The van der Waals surface area contributed by atoms with Gasteiger partial charge in [0.1, 0.15) is 34.1 Å². The summed E-state index contributed by atoms with van der Waals surface area (Å²) in [5, 5.41) is 8.44. The van der Waals surface area contributed by atoms with Crippen LogP contribution in [0.1, 0.15) is 39.6 Å². The van der Waals surface area contributed by atoms with Crippen LogP contribution in [0.5, 0.6) is 0 Å². The molecule has 5 rings (SSSR count). The second-order valence-electron chi connectivity index (χ2n) is 8.26. The highest BCUT2D eigenvalue weighted by Crippen LogP contribution is 2.21. The molecule has 1 fully saturated rings. The predicted molar refractivity (Wildman–Crippen MR) is 134 cm³/mol. The van der Waals surface area contributed by atoms with Gasteiger partial charge in [0.25, 0.3) is 0 Å². The van der Waals surface area contributed by atoms with E-state index in [9.17, 15) is 4.79 Å². The van der Waals surface area contributed by atoms with Crippen molar-refractivity contribution in [2.24, 2.45) is 0 Å². The number of hydrogen-bond acceptors (Lipinski definition) is 10. The largest absolute Gasteiger partial charge is 0.458 e. The summed E-state index contributed by atoms with van der Waals surface area (Å²) in [7, 11) is 0. The number of pyridine rings is 1. The maximum atomic E-state index is 12.5. The number of ether oxygens (including phenoxy) is 1. The molecular formula is C25H25N7O2S. The lowest BCUT2D eigenvalue weighted by atomic mass is 10.1. The first-order valence-electron chi connectivity index (χ1n) is 11.5. The minimum Gasteiger partial charge on any atom is -0.458 e. The first-order chi connectivity index (χ1) is 17.1. The number of aromatic nitrogens is 5. The van der Waals surface area contributed by atoms with Crippen LogP contribution >= 0.6 is 11.3 Å². The van der Waals surface area contributed by atoms with Gasteiger partial charge in [0.2, 0.25) is 0 Å². The highest BCUT2D eigenvalue weighted by molar-refractivity contribution is 7.12. The molecule has 178 valence electrons. The fraction of sp³-hybridized carbons (Fsp3) is 0.280. The number of carbonyl (C=O) groups excluding carboxylic acids is 1. The van der Waals surface area contributed by atoms with Crippen LogP contribution in [0.4, 0.5) is 11.6 Å². The number of rotatable bonds is 7. The van der Waals surface area contributed by atoms with Gasteiger partial charge in [-0.25, -0.2) is 29.7 Å². The fourth-order valence-corrected chi connectivity index (χ4v) is 4.58. The quantitative estimate of drug-likeness (QED) is 0.374. The molecule has 0 bridgehead atoms. The molecule has 10 heteroatoms. The van der Waals surface area contributed by atoms with Crippen LogP contribution in [0.2, 0.25) is 0 Å². The Morgan fingerprint density at radius 1 is 1.09 bits per heavy atom. The Morgan fingerprint density at radius 3 is 2.71 bits per heavy atom. The molecule has 0 unspecified atom stereocenters. The maximum absolute atomic E-state index is 12.5. The van der Waals surface area contributed by atoms with Crippen molar-refractivity contribution in [2.45, 2.75) is 32.3 Å². The highest BCUT2D eigenvalue weighted by Gasteiger charge is 2.20. The summed E-state index contributed by atoms with van der Waals surface area (Å²) < 4.78 is 5.65. The SMILES string of the molecule is Cc1cccc(-c2nccc(Nc3ccnc(Cc4csc(C(=O)OC5CCNCC5)c4)n3)n2)n1. The van der Waals surface area contributed by atoms with Crippen LogP contribution in [-0.2, 0) is 11.2 Å². The molecule has 9 nitrogen and oxygen atoms in total. The van der Waals surface area contributed by atoms with Crippen molar-refractivity contribution in [2.75, 3.05) is 18.4 Å². The molecule has 4 aromatic heterocycles. The van der Waals surface area contributed by atoms with Crippen LogP contribution in [0.3, 0.4) is 0 Å². The number of thiophene rings is 1. The summed E-state index contributed by atoms with van der Waals surface area (Å²) in [6, 6.07) is 11.2.